The van der Waals surface area contributed by atoms with Crippen LogP contribution in [0.4, 0.5) is 0 Å². The molecule has 0 saturated heterocycles. The normalized spacial score (nSPS) is 9.86. The summed E-state index contributed by atoms with van der Waals surface area (Å²) in [6.45, 7) is -0.738. The molecule has 74 valence electrons. The third kappa shape index (κ3) is 2.68. The molecule has 0 saturated carbocycles. The molecule has 0 aliphatic heterocycles. The first-order valence-electron chi connectivity index (χ1n) is 3.61. The predicted molar refractivity (Wildman–Crippen MR) is 52.7 cm³/mol. The number of rotatable bonds is 3. The van der Waals surface area contributed by atoms with Gasteiger partial charge in [-0.3, -0.25) is 14.9 Å². The zero-order valence-electron chi connectivity index (χ0n) is 6.87. The van der Waals surface area contributed by atoms with Gasteiger partial charge < -0.3 is 0 Å². The van der Waals surface area contributed by atoms with Crippen molar-refractivity contribution in [1.29, 1.82) is 0 Å². The molecule has 0 aliphatic carbocycles. The van der Waals surface area contributed by atoms with Gasteiger partial charge in [-0.1, -0.05) is 23.2 Å². The van der Waals surface area contributed by atoms with Crippen LogP contribution in [0.5, 0.6) is 0 Å². The van der Waals surface area contributed by atoms with Crippen molar-refractivity contribution < 1.29 is 9.72 Å². The molecule has 1 aromatic carbocycles. The maximum Gasteiger partial charge on any atom is 0.265 e. The Morgan fingerprint density at radius 2 is 2.00 bits per heavy atom. The van der Waals surface area contributed by atoms with Crippen LogP contribution >= 0.6 is 23.2 Å². The minimum absolute atomic E-state index is 0.191. The Morgan fingerprint density at radius 3 is 2.50 bits per heavy atom. The fourth-order valence-corrected chi connectivity index (χ4v) is 1.18. The van der Waals surface area contributed by atoms with E-state index in [-0.39, 0.29) is 10.6 Å². The molecular weight excluding hydrogens is 229 g/mol. The fourth-order valence-electron chi connectivity index (χ4n) is 0.878. The molecule has 0 amide bonds. The minimum atomic E-state index is -0.738. The highest BCUT2D eigenvalue weighted by Crippen LogP contribution is 2.22. The number of carbonyl (C=O) groups is 1. The summed E-state index contributed by atoms with van der Waals surface area (Å²) in [5.74, 6) is -0.589. The van der Waals surface area contributed by atoms with Crippen molar-refractivity contribution in [3.63, 3.8) is 0 Å². The standard InChI is InChI=1S/C8H5Cl2NO3/c9-6-2-1-5(3-7(6)10)8(12)4-11(13)14/h1-3H,4H2. The molecule has 0 spiro atoms. The first kappa shape index (κ1) is 10.9. The number of Topliss-reactive ketones (excluding diaryl/α,β-unsaturated/α-hetero) is 1. The molecule has 0 N–H and O–H groups in total. The zero-order chi connectivity index (χ0) is 10.7. The molecular formula is C8H5Cl2NO3. The van der Waals surface area contributed by atoms with Crippen molar-refractivity contribution in [1.82, 2.24) is 0 Å². The van der Waals surface area contributed by atoms with Crippen LogP contribution in [0.2, 0.25) is 10.0 Å². The second-order valence-electron chi connectivity index (χ2n) is 2.54. The highest BCUT2D eigenvalue weighted by Gasteiger charge is 2.13. The Morgan fingerprint density at radius 1 is 1.36 bits per heavy atom. The van der Waals surface area contributed by atoms with E-state index in [1.807, 2.05) is 0 Å². The van der Waals surface area contributed by atoms with Gasteiger partial charge in [-0.15, -0.1) is 0 Å². The molecule has 0 bridgehead atoms. The van der Waals surface area contributed by atoms with E-state index in [1.54, 1.807) is 0 Å². The second-order valence-corrected chi connectivity index (χ2v) is 3.36. The van der Waals surface area contributed by atoms with E-state index in [1.165, 1.54) is 18.2 Å². The Kier molecular flexibility index (Phi) is 3.43. The molecule has 1 rings (SSSR count). The minimum Gasteiger partial charge on any atom is -0.287 e. The van der Waals surface area contributed by atoms with Crippen molar-refractivity contribution in [2.75, 3.05) is 6.54 Å². The largest absolute Gasteiger partial charge is 0.287 e. The van der Waals surface area contributed by atoms with Crippen molar-refractivity contribution >= 4 is 29.0 Å². The number of halogens is 2. The van der Waals surface area contributed by atoms with Gasteiger partial charge in [0.25, 0.3) is 6.54 Å². The molecule has 4 nitrogen and oxygen atoms in total. The number of hydrogen-bond donors (Lipinski definition) is 0. The molecule has 0 radical (unpaired) electrons. The number of nitrogens with zero attached hydrogens (tertiary/aromatic N) is 1. The van der Waals surface area contributed by atoms with E-state index in [2.05, 4.69) is 0 Å². The fraction of sp³-hybridized carbons (Fsp3) is 0.125. The molecule has 0 aromatic heterocycles. The molecule has 14 heavy (non-hydrogen) atoms. The first-order valence-corrected chi connectivity index (χ1v) is 4.36. The molecule has 0 unspecified atom stereocenters. The summed E-state index contributed by atoms with van der Waals surface area (Å²) in [6, 6.07) is 4.15. The van der Waals surface area contributed by atoms with Gasteiger partial charge in [0.1, 0.15) is 0 Å². The monoisotopic (exact) mass is 233 g/mol. The Balaban J connectivity index is 2.91. The number of carbonyl (C=O) groups excluding carboxylic acids is 1. The molecule has 0 fully saturated rings. The summed E-state index contributed by atoms with van der Waals surface area (Å²) >= 11 is 11.3. The number of ketones is 1. The van der Waals surface area contributed by atoms with E-state index < -0.39 is 17.3 Å². The van der Waals surface area contributed by atoms with Gasteiger partial charge in [0.05, 0.1) is 10.0 Å². The van der Waals surface area contributed by atoms with E-state index in [9.17, 15) is 14.9 Å². The maximum atomic E-state index is 11.2. The zero-order valence-corrected chi connectivity index (χ0v) is 8.38. The van der Waals surface area contributed by atoms with Crippen LogP contribution in [0.25, 0.3) is 0 Å². The van der Waals surface area contributed by atoms with Gasteiger partial charge >= 0.3 is 0 Å². The lowest BCUT2D eigenvalue weighted by Crippen LogP contribution is -2.13. The summed E-state index contributed by atoms with van der Waals surface area (Å²) in [5, 5.41) is 10.6. The Bertz CT molecular complexity index is 392. The van der Waals surface area contributed by atoms with E-state index in [0.717, 1.165) is 0 Å². The summed E-state index contributed by atoms with van der Waals surface area (Å²) in [7, 11) is 0. The van der Waals surface area contributed by atoms with Crippen LogP contribution < -0.4 is 0 Å². The summed E-state index contributed by atoms with van der Waals surface area (Å²) in [4.78, 5) is 20.5. The lowest BCUT2D eigenvalue weighted by Gasteiger charge is -1.98. The third-order valence-corrected chi connectivity index (χ3v) is 2.25. The van der Waals surface area contributed by atoms with Crippen LogP contribution in [-0.4, -0.2) is 17.3 Å². The average Bonchev–Trinajstić information content (AvgIpc) is 2.08. The van der Waals surface area contributed by atoms with E-state index in [0.29, 0.717) is 5.02 Å². The summed E-state index contributed by atoms with van der Waals surface area (Å²) < 4.78 is 0. The lowest BCUT2D eigenvalue weighted by molar-refractivity contribution is -0.465. The van der Waals surface area contributed by atoms with Crippen LogP contribution in [0.1, 0.15) is 10.4 Å². The first-order chi connectivity index (χ1) is 6.50. The molecule has 0 heterocycles. The van der Waals surface area contributed by atoms with Crippen molar-refractivity contribution in [3.8, 4) is 0 Å². The number of benzene rings is 1. The van der Waals surface area contributed by atoms with Crippen LogP contribution in [-0.2, 0) is 0 Å². The van der Waals surface area contributed by atoms with E-state index >= 15 is 0 Å². The van der Waals surface area contributed by atoms with Gasteiger partial charge in [-0.05, 0) is 18.2 Å². The lowest BCUT2D eigenvalue weighted by atomic mass is 10.1. The van der Waals surface area contributed by atoms with Gasteiger partial charge in [-0.25, -0.2) is 0 Å². The van der Waals surface area contributed by atoms with Crippen molar-refractivity contribution in [3.05, 3.63) is 43.9 Å². The summed E-state index contributed by atoms with van der Waals surface area (Å²) in [6.07, 6.45) is 0. The Hall–Kier alpha value is -1.13. The topological polar surface area (TPSA) is 60.2 Å². The van der Waals surface area contributed by atoms with Crippen LogP contribution in [0.15, 0.2) is 18.2 Å². The van der Waals surface area contributed by atoms with Gasteiger partial charge in [0.2, 0.25) is 5.78 Å². The van der Waals surface area contributed by atoms with Crippen LogP contribution in [0.3, 0.4) is 0 Å². The summed E-state index contributed by atoms with van der Waals surface area (Å²) in [5.41, 5.74) is 0.191. The maximum absolute atomic E-state index is 11.2. The van der Waals surface area contributed by atoms with E-state index in [4.69, 9.17) is 23.2 Å². The predicted octanol–water partition coefficient (Wildman–Crippen LogP) is 2.45. The highest BCUT2D eigenvalue weighted by molar-refractivity contribution is 6.42. The van der Waals surface area contributed by atoms with Gasteiger partial charge in [-0.2, -0.15) is 0 Å². The Labute approximate surface area is 89.6 Å². The smallest absolute Gasteiger partial charge is 0.265 e. The molecule has 1 aromatic rings. The van der Waals surface area contributed by atoms with Gasteiger partial charge in [0.15, 0.2) is 0 Å². The number of nitro groups is 1. The highest BCUT2D eigenvalue weighted by atomic mass is 35.5. The molecule has 0 atom stereocenters. The molecule has 6 heteroatoms. The number of hydrogen-bond acceptors (Lipinski definition) is 3. The quantitative estimate of drug-likeness (QED) is 0.458. The third-order valence-electron chi connectivity index (χ3n) is 1.51. The second kappa shape index (κ2) is 4.39. The SMILES string of the molecule is O=C(C[N+](=O)[O-])c1ccc(Cl)c(Cl)c1. The van der Waals surface area contributed by atoms with Crippen molar-refractivity contribution in [2.24, 2.45) is 0 Å². The van der Waals surface area contributed by atoms with Crippen molar-refractivity contribution in [2.45, 2.75) is 0 Å². The van der Waals surface area contributed by atoms with Crippen LogP contribution in [0, 0.1) is 10.1 Å². The molecule has 0 aliphatic rings. The average molecular weight is 234 g/mol. The van der Waals surface area contributed by atoms with Gasteiger partial charge in [0, 0.05) is 10.5 Å².